The molecule has 4 aliphatic rings. The van der Waals surface area contributed by atoms with Gasteiger partial charge in [0.05, 0.1) is 24.5 Å². The van der Waals surface area contributed by atoms with Gasteiger partial charge in [-0.1, -0.05) is 24.3 Å². The summed E-state index contributed by atoms with van der Waals surface area (Å²) in [5.41, 5.74) is 2.84. The monoisotopic (exact) mass is 521 g/mol. The Morgan fingerprint density at radius 1 is 1.00 bits per heavy atom. The van der Waals surface area contributed by atoms with Crippen molar-refractivity contribution in [2.45, 2.75) is 32.4 Å². The molecule has 2 aliphatic carbocycles. The molecule has 1 N–H and O–H groups in total. The number of hydrogen-bond donors (Lipinski definition) is 1. The molecule has 9 heteroatoms. The number of nitrogens with zero attached hydrogens (tertiary/aromatic N) is 3. The van der Waals surface area contributed by atoms with E-state index in [0.29, 0.717) is 34.6 Å². The number of fused-ring (bicyclic) bond motifs is 4. The highest BCUT2D eigenvalue weighted by Crippen LogP contribution is 2.49. The molecule has 0 saturated carbocycles. The van der Waals surface area contributed by atoms with E-state index >= 15 is 0 Å². The first-order valence-electron chi connectivity index (χ1n) is 12.7. The van der Waals surface area contributed by atoms with Gasteiger partial charge in [0.15, 0.2) is 11.6 Å². The second kappa shape index (κ2) is 8.29. The summed E-state index contributed by atoms with van der Waals surface area (Å²) in [4.78, 5) is 54.0. The Labute approximate surface area is 221 Å². The standard InChI is InChI=1S/C30H23N3O6/c1-16-11-24(35)22-14-23-21(9-10-31-29(37)32(30(38)33(23)31)19-5-3-2-4-6-19)26(27(22)28(16)36)18-12-17-13-20(34)7-8-25(17)39-15-18/h2-9,11,13,15,23,26,34H,10,12,14H2,1H3/t23-,26+/m1/s1. The molecule has 0 spiro atoms. The van der Waals surface area contributed by atoms with Gasteiger partial charge in [-0.25, -0.2) is 23.5 Å². The maximum absolute atomic E-state index is 13.8. The van der Waals surface area contributed by atoms with Crippen LogP contribution in [0, 0.1) is 5.92 Å². The van der Waals surface area contributed by atoms with Crippen LogP contribution in [0.25, 0.3) is 5.69 Å². The van der Waals surface area contributed by atoms with E-state index in [-0.39, 0.29) is 30.3 Å². The number of ether oxygens (including phenoxy) is 1. The van der Waals surface area contributed by atoms with Crippen LogP contribution in [0.15, 0.2) is 104 Å². The first-order chi connectivity index (χ1) is 18.8. The van der Waals surface area contributed by atoms with E-state index in [1.807, 2.05) is 6.08 Å². The van der Waals surface area contributed by atoms with Crippen LogP contribution in [0.3, 0.4) is 0 Å². The first kappa shape index (κ1) is 23.2. The van der Waals surface area contributed by atoms with Crippen molar-refractivity contribution >= 4 is 11.6 Å². The number of aromatic hydroxyl groups is 1. The molecule has 0 radical (unpaired) electrons. The largest absolute Gasteiger partial charge is 0.508 e. The molecular weight excluding hydrogens is 498 g/mol. The molecule has 9 nitrogen and oxygen atoms in total. The van der Waals surface area contributed by atoms with Crippen molar-refractivity contribution in [2.24, 2.45) is 5.92 Å². The Balaban J connectivity index is 1.41. The number of phenolic OH excluding ortho intramolecular Hbond substituents is 1. The Kier molecular flexibility index (Phi) is 4.94. The minimum absolute atomic E-state index is 0.0948. The average Bonchev–Trinajstić information content (AvgIpc) is 3.20. The fraction of sp³-hybridized carbons (Fsp3) is 0.200. The van der Waals surface area contributed by atoms with Crippen molar-refractivity contribution in [3.05, 3.63) is 121 Å². The number of ketones is 2. The van der Waals surface area contributed by atoms with Gasteiger partial charge < -0.3 is 9.84 Å². The third-order valence-electron chi connectivity index (χ3n) is 7.99. The van der Waals surface area contributed by atoms with Crippen LogP contribution in [-0.4, -0.2) is 30.6 Å². The molecule has 39 heavy (non-hydrogen) atoms. The maximum Gasteiger partial charge on any atom is 0.352 e. The summed E-state index contributed by atoms with van der Waals surface area (Å²) in [5, 5.41) is 10.1. The number of rotatable bonds is 2. The van der Waals surface area contributed by atoms with Gasteiger partial charge in [-0.2, -0.15) is 0 Å². The van der Waals surface area contributed by atoms with Gasteiger partial charge in [0.1, 0.15) is 11.5 Å². The predicted molar refractivity (Wildman–Crippen MR) is 141 cm³/mol. The molecule has 2 aromatic carbocycles. The Hall–Kier alpha value is -4.92. The topological polar surface area (TPSA) is 113 Å². The summed E-state index contributed by atoms with van der Waals surface area (Å²) in [5.74, 6) is -0.407. The van der Waals surface area contributed by atoms with E-state index in [9.17, 15) is 24.3 Å². The molecule has 194 valence electrons. The van der Waals surface area contributed by atoms with Gasteiger partial charge >= 0.3 is 11.4 Å². The van der Waals surface area contributed by atoms with Crippen LogP contribution in [0.5, 0.6) is 11.5 Å². The Morgan fingerprint density at radius 3 is 2.59 bits per heavy atom. The highest BCUT2D eigenvalue weighted by Gasteiger charge is 2.46. The van der Waals surface area contributed by atoms with E-state index < -0.39 is 23.3 Å². The molecule has 3 aromatic rings. The van der Waals surface area contributed by atoms with Gasteiger partial charge in [0.2, 0.25) is 0 Å². The molecule has 2 aliphatic heterocycles. The summed E-state index contributed by atoms with van der Waals surface area (Å²) in [6.45, 7) is 1.77. The van der Waals surface area contributed by atoms with Crippen molar-refractivity contribution in [2.75, 3.05) is 0 Å². The number of aromatic nitrogens is 3. The zero-order valence-electron chi connectivity index (χ0n) is 21.0. The highest BCUT2D eigenvalue weighted by atomic mass is 16.5. The number of carbonyl (C=O) groups excluding carboxylic acids is 2. The Morgan fingerprint density at radius 2 is 1.79 bits per heavy atom. The van der Waals surface area contributed by atoms with Crippen LogP contribution in [0.2, 0.25) is 0 Å². The molecule has 1 aromatic heterocycles. The van der Waals surface area contributed by atoms with Crippen molar-refractivity contribution < 1.29 is 19.4 Å². The van der Waals surface area contributed by atoms with Gasteiger partial charge in [-0.3, -0.25) is 9.59 Å². The molecule has 0 amide bonds. The first-order valence-corrected chi connectivity index (χ1v) is 12.7. The van der Waals surface area contributed by atoms with Crippen molar-refractivity contribution in [3.8, 4) is 17.2 Å². The molecule has 0 bridgehead atoms. The number of carbonyl (C=O) groups is 2. The number of allylic oxidation sites excluding steroid dienone is 7. The Bertz CT molecular complexity index is 1860. The molecule has 7 rings (SSSR count). The number of benzene rings is 2. The van der Waals surface area contributed by atoms with Gasteiger partial charge in [-0.05, 0) is 54.5 Å². The van der Waals surface area contributed by atoms with Crippen molar-refractivity contribution in [1.82, 2.24) is 13.9 Å². The summed E-state index contributed by atoms with van der Waals surface area (Å²) in [6.07, 6.45) is 5.34. The van der Waals surface area contributed by atoms with E-state index in [4.69, 9.17) is 4.74 Å². The van der Waals surface area contributed by atoms with E-state index in [1.165, 1.54) is 15.4 Å². The smallest absolute Gasteiger partial charge is 0.352 e. The number of hydrogen-bond acceptors (Lipinski definition) is 6. The quantitative estimate of drug-likeness (QED) is 0.410. The van der Waals surface area contributed by atoms with Crippen LogP contribution < -0.4 is 16.1 Å². The van der Waals surface area contributed by atoms with Gasteiger partial charge in [0, 0.05) is 41.0 Å². The molecule has 2 atom stereocenters. The third kappa shape index (κ3) is 3.32. The van der Waals surface area contributed by atoms with Crippen LogP contribution in [-0.2, 0) is 22.6 Å². The maximum atomic E-state index is 13.8. The zero-order chi connectivity index (χ0) is 27.0. The lowest BCUT2D eigenvalue weighted by Crippen LogP contribution is -2.42. The third-order valence-corrected chi connectivity index (χ3v) is 7.99. The highest BCUT2D eigenvalue weighted by molar-refractivity contribution is 6.23. The summed E-state index contributed by atoms with van der Waals surface area (Å²) >= 11 is 0. The van der Waals surface area contributed by atoms with E-state index in [1.54, 1.807) is 61.7 Å². The zero-order valence-corrected chi connectivity index (χ0v) is 21.0. The number of phenols is 1. The minimum Gasteiger partial charge on any atom is -0.508 e. The normalized spacial score (nSPS) is 21.6. The van der Waals surface area contributed by atoms with Crippen LogP contribution in [0.4, 0.5) is 0 Å². The minimum atomic E-state index is -0.636. The second-order valence-electron chi connectivity index (χ2n) is 10.2. The number of para-hydroxylation sites is 1. The van der Waals surface area contributed by atoms with E-state index in [2.05, 4.69) is 0 Å². The second-order valence-corrected chi connectivity index (χ2v) is 10.2. The van der Waals surface area contributed by atoms with Gasteiger partial charge in [0.25, 0.3) is 0 Å². The fourth-order valence-corrected chi connectivity index (χ4v) is 6.24. The van der Waals surface area contributed by atoms with Crippen LogP contribution in [0.1, 0.15) is 24.9 Å². The van der Waals surface area contributed by atoms with Gasteiger partial charge in [-0.15, -0.1) is 0 Å². The molecule has 0 fully saturated rings. The lowest BCUT2D eigenvalue weighted by atomic mass is 9.67. The molecule has 0 saturated heterocycles. The summed E-state index contributed by atoms with van der Waals surface area (Å²) < 4.78 is 9.86. The molecule has 0 unspecified atom stereocenters. The lowest BCUT2D eigenvalue weighted by molar-refractivity contribution is -0.116. The van der Waals surface area contributed by atoms with E-state index in [0.717, 1.165) is 21.3 Å². The summed E-state index contributed by atoms with van der Waals surface area (Å²) in [6, 6.07) is 12.9. The summed E-state index contributed by atoms with van der Waals surface area (Å²) in [7, 11) is 0. The SMILES string of the molecule is CC1=CC(=O)C2=C(C1=O)[C@@H](C1=COc3ccc(O)cc3C1)C1=CCn3c(=O)n(-c4ccccc4)c(=O)n3[C@@H]1C2. The predicted octanol–water partition coefficient (Wildman–Crippen LogP) is 2.92. The van der Waals surface area contributed by atoms with Crippen molar-refractivity contribution in [3.63, 3.8) is 0 Å². The number of Topliss-reactive ketones (excluding diaryl/α,β-unsaturated/α-hetero) is 1. The molecular formula is C30H23N3O6. The molecule has 3 heterocycles. The van der Waals surface area contributed by atoms with Crippen molar-refractivity contribution in [1.29, 1.82) is 0 Å². The van der Waals surface area contributed by atoms with Crippen LogP contribution >= 0.6 is 0 Å². The average molecular weight is 522 g/mol. The fourth-order valence-electron chi connectivity index (χ4n) is 6.24. The lowest BCUT2D eigenvalue weighted by Gasteiger charge is -2.40.